The highest BCUT2D eigenvalue weighted by Gasteiger charge is 2.43. The molecule has 0 saturated heterocycles. The van der Waals surface area contributed by atoms with Crippen LogP contribution in [0.3, 0.4) is 0 Å². The predicted molar refractivity (Wildman–Crippen MR) is 109 cm³/mol. The Morgan fingerprint density at radius 2 is 1.71 bits per heavy atom. The van der Waals surface area contributed by atoms with Crippen molar-refractivity contribution < 1.29 is 39.6 Å². The average molecular weight is 513 g/mol. The molecule has 188 valence electrons. The molecule has 1 amide bonds. The van der Waals surface area contributed by atoms with Gasteiger partial charge in [-0.2, -0.15) is 34.8 Å². The average Bonchev–Trinajstić information content (AvgIpc) is 2.71. The molecule has 2 aliphatic rings. The Morgan fingerprint density at radius 3 is 2.24 bits per heavy atom. The lowest BCUT2D eigenvalue weighted by molar-refractivity contribution is -0.182. The highest BCUT2D eigenvalue weighted by Crippen LogP contribution is 2.41. The summed E-state index contributed by atoms with van der Waals surface area (Å²) in [4.78, 5) is 19.6. The molecule has 34 heavy (non-hydrogen) atoms. The molecule has 15 heteroatoms. The Morgan fingerprint density at radius 1 is 1.09 bits per heavy atom. The van der Waals surface area contributed by atoms with Crippen molar-refractivity contribution in [3.05, 3.63) is 29.9 Å². The molecular formula is C19H21F6N5O3S. The molecule has 1 aliphatic carbocycles. The van der Waals surface area contributed by atoms with Crippen molar-refractivity contribution in [3.63, 3.8) is 0 Å². The topological polar surface area (TPSA) is 105 Å². The second kappa shape index (κ2) is 9.15. The number of hydrogen-bond acceptors (Lipinski definition) is 5. The fraction of sp³-hybridized carbons (Fsp3) is 0.579. The quantitative estimate of drug-likeness (QED) is 0.611. The lowest BCUT2D eigenvalue weighted by Gasteiger charge is -2.34. The smallest absolute Gasteiger partial charge is 0.304 e. The minimum absolute atomic E-state index is 0.0186. The van der Waals surface area contributed by atoms with Gasteiger partial charge < -0.3 is 5.32 Å². The van der Waals surface area contributed by atoms with E-state index in [1.807, 2.05) is 0 Å². The predicted octanol–water partition coefficient (Wildman–Crippen LogP) is 4.10. The van der Waals surface area contributed by atoms with Crippen LogP contribution in [0.25, 0.3) is 0 Å². The summed E-state index contributed by atoms with van der Waals surface area (Å²) in [6.45, 7) is 2.91. The van der Waals surface area contributed by atoms with Crippen LogP contribution in [0.5, 0.6) is 0 Å². The standard InChI is InChI=1S/C19H21F6N5O3S/c1-10(2)30-14(17(31)28-16-9-26-8-15(27-16)19(23,24)25)7-13(29-34(30,32)33)11-3-5-12(6-4-11)18(20,21)22/h7-12H,3-6H2,1-2H3,(H,27,28,31). The zero-order valence-electron chi connectivity index (χ0n) is 18.0. The summed E-state index contributed by atoms with van der Waals surface area (Å²) in [5, 5.41) is 2.11. The van der Waals surface area contributed by atoms with Crippen molar-refractivity contribution in [1.82, 2.24) is 14.3 Å². The molecule has 0 aromatic carbocycles. The first-order valence-electron chi connectivity index (χ1n) is 10.2. The second-order valence-corrected chi connectivity index (χ2v) is 9.72. The van der Waals surface area contributed by atoms with Gasteiger partial charge in [-0.15, -0.1) is 4.40 Å². The highest BCUT2D eigenvalue weighted by molar-refractivity contribution is 7.88. The van der Waals surface area contributed by atoms with E-state index in [2.05, 4.69) is 19.7 Å². The third-order valence-corrected chi connectivity index (χ3v) is 7.02. The van der Waals surface area contributed by atoms with E-state index in [0.29, 0.717) is 10.5 Å². The van der Waals surface area contributed by atoms with Gasteiger partial charge in [0.1, 0.15) is 5.70 Å². The van der Waals surface area contributed by atoms with E-state index in [1.165, 1.54) is 13.8 Å². The normalized spacial score (nSPS) is 23.4. The number of alkyl halides is 6. The SMILES string of the molecule is CC(C)N1C(C(=O)Nc2cncc(C(F)(F)F)n2)=CC(C2CCC(C(F)(F)F)CC2)=NS1(=O)=O. The second-order valence-electron chi connectivity index (χ2n) is 8.24. The molecule has 0 bridgehead atoms. The van der Waals surface area contributed by atoms with E-state index in [0.717, 1.165) is 12.3 Å². The molecule has 0 radical (unpaired) electrons. The van der Waals surface area contributed by atoms with Gasteiger partial charge in [-0.25, -0.2) is 9.29 Å². The zero-order valence-corrected chi connectivity index (χ0v) is 18.8. The minimum atomic E-state index is -4.82. The van der Waals surface area contributed by atoms with E-state index >= 15 is 0 Å². The van der Waals surface area contributed by atoms with Crippen molar-refractivity contribution in [1.29, 1.82) is 0 Å². The Balaban J connectivity index is 1.90. The summed E-state index contributed by atoms with van der Waals surface area (Å²) in [6, 6.07) is -0.791. The summed E-state index contributed by atoms with van der Waals surface area (Å²) >= 11 is 0. The molecule has 1 fully saturated rings. The Bertz CT molecular complexity index is 1110. The molecule has 0 atom stereocenters. The van der Waals surface area contributed by atoms with E-state index in [9.17, 15) is 39.6 Å². The van der Waals surface area contributed by atoms with Gasteiger partial charge in [0, 0.05) is 12.0 Å². The molecule has 1 saturated carbocycles. The van der Waals surface area contributed by atoms with Crippen molar-refractivity contribution in [2.45, 2.75) is 57.9 Å². The van der Waals surface area contributed by atoms with Crippen LogP contribution in [0.1, 0.15) is 45.2 Å². The van der Waals surface area contributed by atoms with Crippen LogP contribution < -0.4 is 5.32 Å². The van der Waals surface area contributed by atoms with E-state index in [-0.39, 0.29) is 31.4 Å². The van der Waals surface area contributed by atoms with E-state index in [4.69, 9.17) is 0 Å². The zero-order chi connectivity index (χ0) is 25.5. The number of hydrogen-bond donors (Lipinski definition) is 1. The molecule has 1 N–H and O–H groups in total. The number of nitrogens with one attached hydrogen (secondary N) is 1. The first-order valence-corrected chi connectivity index (χ1v) is 11.6. The highest BCUT2D eigenvalue weighted by atomic mass is 32.2. The third-order valence-electron chi connectivity index (χ3n) is 5.47. The Hall–Kier alpha value is -2.71. The van der Waals surface area contributed by atoms with Crippen LogP contribution in [0.2, 0.25) is 0 Å². The maximum absolute atomic E-state index is 13.0. The van der Waals surface area contributed by atoms with Gasteiger partial charge in [-0.05, 0) is 45.6 Å². The number of aromatic nitrogens is 2. The number of halogens is 6. The molecular weight excluding hydrogens is 492 g/mol. The monoisotopic (exact) mass is 513 g/mol. The van der Waals surface area contributed by atoms with Crippen LogP contribution in [0.15, 0.2) is 28.6 Å². The van der Waals surface area contributed by atoms with Crippen LogP contribution in [-0.4, -0.2) is 46.5 Å². The molecule has 1 aromatic rings. The minimum Gasteiger partial charge on any atom is -0.304 e. The van der Waals surface area contributed by atoms with Crippen LogP contribution >= 0.6 is 0 Å². The van der Waals surface area contributed by atoms with Crippen LogP contribution in [0.4, 0.5) is 32.2 Å². The number of rotatable bonds is 4. The van der Waals surface area contributed by atoms with Gasteiger partial charge in [0.05, 0.1) is 24.0 Å². The van der Waals surface area contributed by atoms with E-state index < -0.39 is 63.6 Å². The molecule has 1 aromatic heterocycles. The number of allylic oxidation sites excluding steroid dienone is 1. The van der Waals surface area contributed by atoms with E-state index in [1.54, 1.807) is 0 Å². The first kappa shape index (κ1) is 25.9. The van der Waals surface area contributed by atoms with Crippen molar-refractivity contribution in [3.8, 4) is 0 Å². The number of carbonyl (C=O) groups excluding carboxylic acids is 1. The van der Waals surface area contributed by atoms with Crippen molar-refractivity contribution in [2.24, 2.45) is 16.2 Å². The summed E-state index contributed by atoms with van der Waals surface area (Å²) in [5.74, 6) is -3.76. The van der Waals surface area contributed by atoms with Crippen LogP contribution in [-0.2, 0) is 21.2 Å². The third kappa shape index (κ3) is 5.67. The summed E-state index contributed by atoms with van der Waals surface area (Å²) in [5.41, 5.74) is -1.87. The van der Waals surface area contributed by atoms with Gasteiger partial charge >= 0.3 is 22.6 Å². The molecule has 3 rings (SSSR count). The number of anilines is 1. The molecule has 0 spiro atoms. The van der Waals surface area contributed by atoms with Gasteiger partial charge in [0.2, 0.25) is 0 Å². The van der Waals surface area contributed by atoms with Gasteiger partial charge in [-0.3, -0.25) is 9.78 Å². The maximum Gasteiger partial charge on any atom is 0.434 e. The van der Waals surface area contributed by atoms with Crippen molar-refractivity contribution >= 4 is 27.6 Å². The largest absolute Gasteiger partial charge is 0.434 e. The van der Waals surface area contributed by atoms with Gasteiger partial charge in [0.15, 0.2) is 11.5 Å². The molecule has 2 heterocycles. The van der Waals surface area contributed by atoms with Crippen LogP contribution in [0, 0.1) is 11.8 Å². The van der Waals surface area contributed by atoms with Crippen molar-refractivity contribution in [2.75, 3.05) is 5.32 Å². The van der Waals surface area contributed by atoms with Gasteiger partial charge in [-0.1, -0.05) is 0 Å². The maximum atomic E-state index is 13.0. The first-order chi connectivity index (χ1) is 15.6. The fourth-order valence-corrected chi connectivity index (χ4v) is 5.37. The Labute approximate surface area is 191 Å². The molecule has 1 aliphatic heterocycles. The summed E-state index contributed by atoms with van der Waals surface area (Å²) in [7, 11) is -4.43. The Kier molecular flexibility index (Phi) is 6.97. The molecule has 0 unspecified atom stereocenters. The van der Waals surface area contributed by atoms with Gasteiger partial charge in [0.25, 0.3) is 5.91 Å². The lowest BCUT2D eigenvalue weighted by atomic mass is 9.79. The summed E-state index contributed by atoms with van der Waals surface area (Å²) in [6.07, 6.45) is -7.09. The molecule has 8 nitrogen and oxygen atoms in total. The number of amides is 1. The summed E-state index contributed by atoms with van der Waals surface area (Å²) < 4.78 is 108. The number of carbonyl (C=O) groups is 1. The lowest BCUT2D eigenvalue weighted by Crippen LogP contribution is -2.43. The fourth-order valence-electron chi connectivity index (χ4n) is 3.89. The number of nitrogens with zero attached hydrogens (tertiary/aromatic N) is 4.